The van der Waals surface area contributed by atoms with Crippen molar-refractivity contribution in [2.75, 3.05) is 12.1 Å². The van der Waals surface area contributed by atoms with Crippen LogP contribution in [-0.2, 0) is 4.57 Å². The van der Waals surface area contributed by atoms with Crippen molar-refractivity contribution in [3.8, 4) is 28.7 Å². The summed E-state index contributed by atoms with van der Waals surface area (Å²) in [7, 11) is -4.02. The molecule has 0 amide bonds. The molecule has 4 aromatic carbocycles. The van der Waals surface area contributed by atoms with Gasteiger partial charge in [-0.1, -0.05) is 54.6 Å². The summed E-state index contributed by atoms with van der Waals surface area (Å²) >= 11 is 0. The van der Waals surface area contributed by atoms with Crippen LogP contribution in [0.25, 0.3) is 0 Å². The predicted molar refractivity (Wildman–Crippen MR) is 129 cm³/mol. The molecule has 0 fully saturated rings. The molecule has 4 aromatic rings. The van der Waals surface area contributed by atoms with Crippen molar-refractivity contribution in [3.05, 3.63) is 109 Å². The molecule has 1 aliphatic rings. The van der Waals surface area contributed by atoms with Gasteiger partial charge in [-0.15, -0.1) is 0 Å². The maximum atomic E-state index is 14.6. The van der Waals surface area contributed by atoms with Gasteiger partial charge >= 0.3 is 7.60 Å². The van der Waals surface area contributed by atoms with E-state index in [1.54, 1.807) is 91.0 Å². The van der Waals surface area contributed by atoms with Gasteiger partial charge < -0.3 is 28.9 Å². The van der Waals surface area contributed by atoms with Crippen LogP contribution in [0.5, 0.6) is 28.7 Å². The molecule has 0 spiro atoms. The molecule has 1 unspecified atom stereocenters. The van der Waals surface area contributed by atoms with E-state index < -0.39 is 13.4 Å². The molecule has 34 heavy (non-hydrogen) atoms. The second-order valence-electron chi connectivity index (χ2n) is 7.53. The molecule has 1 aliphatic heterocycles. The van der Waals surface area contributed by atoms with E-state index in [2.05, 4.69) is 5.32 Å². The maximum absolute atomic E-state index is 14.6. The smallest absolute Gasteiger partial charge is 0.457 e. The first-order valence-electron chi connectivity index (χ1n) is 10.6. The number of nitrogens with one attached hydrogen (secondary N) is 1. The summed E-state index contributed by atoms with van der Waals surface area (Å²) in [5.41, 5.74) is 0.946. The largest absolute Gasteiger partial charge is 0.506 e. The Kier molecular flexibility index (Phi) is 6.02. The minimum absolute atomic E-state index is 0.000726. The van der Waals surface area contributed by atoms with Gasteiger partial charge in [0.25, 0.3) is 0 Å². The quantitative estimate of drug-likeness (QED) is 0.220. The van der Waals surface area contributed by atoms with Crippen LogP contribution in [0.2, 0.25) is 0 Å². The number of rotatable bonds is 8. The number of phenolic OH excluding ortho intramolecular Hbond substituents is 1. The van der Waals surface area contributed by atoms with E-state index in [0.717, 1.165) is 0 Å². The molecule has 8 heteroatoms. The van der Waals surface area contributed by atoms with Crippen LogP contribution in [0.3, 0.4) is 0 Å². The summed E-state index contributed by atoms with van der Waals surface area (Å²) in [6.07, 6.45) is 0. The molecule has 172 valence electrons. The third kappa shape index (κ3) is 4.65. The van der Waals surface area contributed by atoms with E-state index >= 15 is 0 Å². The normalized spacial score (nSPS) is 13.2. The van der Waals surface area contributed by atoms with E-state index in [9.17, 15) is 9.67 Å². The lowest BCUT2D eigenvalue weighted by atomic mass is 10.2. The fourth-order valence-corrected chi connectivity index (χ4v) is 5.45. The Bertz CT molecular complexity index is 1270. The van der Waals surface area contributed by atoms with E-state index in [1.807, 2.05) is 12.1 Å². The molecule has 0 aliphatic carbocycles. The molecule has 0 bridgehead atoms. The van der Waals surface area contributed by atoms with Gasteiger partial charge in [-0.3, -0.25) is 0 Å². The Balaban J connectivity index is 1.62. The zero-order valence-electron chi connectivity index (χ0n) is 18.0. The van der Waals surface area contributed by atoms with Crippen molar-refractivity contribution >= 4 is 13.3 Å². The average molecular weight is 475 g/mol. The molecule has 0 radical (unpaired) electrons. The summed E-state index contributed by atoms with van der Waals surface area (Å²) in [4.78, 5) is 0. The van der Waals surface area contributed by atoms with Crippen LogP contribution in [-0.4, -0.2) is 11.9 Å². The highest BCUT2D eigenvalue weighted by molar-refractivity contribution is 7.55. The number of fused-ring (bicyclic) bond motifs is 1. The molecular weight excluding hydrogens is 453 g/mol. The highest BCUT2D eigenvalue weighted by atomic mass is 31.2. The van der Waals surface area contributed by atoms with E-state index in [0.29, 0.717) is 34.2 Å². The van der Waals surface area contributed by atoms with Gasteiger partial charge in [-0.05, 0) is 54.1 Å². The lowest BCUT2D eigenvalue weighted by Crippen LogP contribution is -2.18. The van der Waals surface area contributed by atoms with Gasteiger partial charge in [-0.25, -0.2) is 4.57 Å². The zero-order chi connectivity index (χ0) is 23.4. The van der Waals surface area contributed by atoms with E-state index in [-0.39, 0.29) is 12.5 Å². The average Bonchev–Trinajstić information content (AvgIpc) is 3.32. The first-order valence-corrected chi connectivity index (χ1v) is 12.2. The lowest BCUT2D eigenvalue weighted by molar-refractivity contribution is 0.174. The lowest BCUT2D eigenvalue weighted by Gasteiger charge is -2.29. The molecule has 1 atom stereocenters. The predicted octanol–water partition coefficient (Wildman–Crippen LogP) is 6.58. The van der Waals surface area contributed by atoms with Gasteiger partial charge in [0.05, 0.1) is 5.69 Å². The van der Waals surface area contributed by atoms with Crippen molar-refractivity contribution in [3.63, 3.8) is 0 Å². The van der Waals surface area contributed by atoms with Crippen LogP contribution in [0.15, 0.2) is 103 Å². The summed E-state index contributed by atoms with van der Waals surface area (Å²) in [6.45, 7) is 0.106. The summed E-state index contributed by atoms with van der Waals surface area (Å²) in [6, 6.07) is 29.6. The number of anilines is 1. The second kappa shape index (κ2) is 9.41. The SMILES string of the molecule is O=P(Oc1ccccc1)(Oc1ccccc1)C(Nc1ccccc1O)c1ccc2c(c1)OCO2. The van der Waals surface area contributed by atoms with Gasteiger partial charge in [0.1, 0.15) is 17.2 Å². The van der Waals surface area contributed by atoms with Crippen molar-refractivity contribution < 1.29 is 28.2 Å². The Morgan fingerprint density at radius 2 is 1.35 bits per heavy atom. The summed E-state index contributed by atoms with van der Waals surface area (Å²) in [5.74, 6) is 0.869. The summed E-state index contributed by atoms with van der Waals surface area (Å²) in [5, 5.41) is 13.6. The molecular formula is C26H22NO6P. The third-order valence-corrected chi connectivity index (χ3v) is 7.17. The number of hydrogen-bond acceptors (Lipinski definition) is 7. The van der Waals surface area contributed by atoms with Gasteiger partial charge in [0, 0.05) is 0 Å². The minimum atomic E-state index is -4.02. The molecule has 5 rings (SSSR count). The van der Waals surface area contributed by atoms with Gasteiger partial charge in [0.15, 0.2) is 17.3 Å². The highest BCUT2D eigenvalue weighted by Crippen LogP contribution is 2.61. The number of phenols is 1. The number of ether oxygens (including phenoxy) is 2. The van der Waals surface area contributed by atoms with Crippen LogP contribution in [0.1, 0.15) is 11.3 Å². The van der Waals surface area contributed by atoms with Gasteiger partial charge in [0.2, 0.25) is 6.79 Å². The molecule has 0 saturated heterocycles. The van der Waals surface area contributed by atoms with Crippen molar-refractivity contribution in [2.45, 2.75) is 5.78 Å². The van der Waals surface area contributed by atoms with Crippen LogP contribution >= 0.6 is 7.60 Å². The Labute approximate surface area is 197 Å². The number of para-hydroxylation sites is 4. The monoisotopic (exact) mass is 475 g/mol. The maximum Gasteiger partial charge on any atom is 0.457 e. The second-order valence-corrected chi connectivity index (χ2v) is 9.49. The zero-order valence-corrected chi connectivity index (χ0v) is 18.9. The topological polar surface area (TPSA) is 86.3 Å². The Hall–Kier alpha value is -4.09. The molecule has 2 N–H and O–H groups in total. The highest BCUT2D eigenvalue weighted by Gasteiger charge is 2.42. The van der Waals surface area contributed by atoms with Crippen LogP contribution in [0.4, 0.5) is 5.69 Å². The van der Waals surface area contributed by atoms with Gasteiger partial charge in [-0.2, -0.15) is 0 Å². The van der Waals surface area contributed by atoms with Crippen LogP contribution < -0.4 is 23.8 Å². The Morgan fingerprint density at radius 3 is 2.00 bits per heavy atom. The number of hydrogen-bond donors (Lipinski definition) is 2. The van der Waals surface area contributed by atoms with Crippen molar-refractivity contribution in [1.29, 1.82) is 0 Å². The standard InChI is InChI=1S/C26H22NO6P/c28-23-14-8-7-13-22(23)27-26(19-15-16-24-25(17-19)31-18-30-24)34(29,32-20-9-3-1-4-10-20)33-21-11-5-2-6-12-21/h1-17,26-28H,18H2. The molecule has 0 aromatic heterocycles. The summed E-state index contributed by atoms with van der Waals surface area (Å²) < 4.78 is 37.7. The molecule has 0 saturated carbocycles. The van der Waals surface area contributed by atoms with Crippen molar-refractivity contribution in [1.82, 2.24) is 0 Å². The molecule has 7 nitrogen and oxygen atoms in total. The fraction of sp³-hybridized carbons (Fsp3) is 0.0769. The van der Waals surface area contributed by atoms with E-state index in [4.69, 9.17) is 18.5 Å². The fourth-order valence-electron chi connectivity index (χ4n) is 3.55. The minimum Gasteiger partial charge on any atom is -0.506 e. The Morgan fingerprint density at radius 1 is 0.765 bits per heavy atom. The van der Waals surface area contributed by atoms with Crippen LogP contribution in [0, 0.1) is 0 Å². The van der Waals surface area contributed by atoms with Crippen molar-refractivity contribution in [2.24, 2.45) is 0 Å². The first kappa shape index (κ1) is 21.7. The number of aromatic hydroxyl groups is 1. The van der Waals surface area contributed by atoms with E-state index in [1.165, 1.54) is 0 Å². The molecule has 1 heterocycles. The number of benzene rings is 4. The third-order valence-electron chi connectivity index (χ3n) is 5.18. The first-order chi connectivity index (χ1) is 16.6.